The molecule has 18 heavy (non-hydrogen) atoms. The van der Waals surface area contributed by atoms with E-state index in [1.165, 1.54) is 24.4 Å². The van der Waals surface area contributed by atoms with Gasteiger partial charge in [-0.25, -0.2) is 9.82 Å². The minimum atomic E-state index is -0.590. The standard InChI is InChI=1S/C13H10FN3O/c14-12-6-2-1-5-11(12)13(18)17-16-9-10-4-3-7-15-8-10/h1-9H,(H,17,18)/b16-9-. The van der Waals surface area contributed by atoms with E-state index in [4.69, 9.17) is 0 Å². The molecule has 1 heterocycles. The van der Waals surface area contributed by atoms with Gasteiger partial charge >= 0.3 is 0 Å². The van der Waals surface area contributed by atoms with E-state index in [2.05, 4.69) is 15.5 Å². The van der Waals surface area contributed by atoms with Gasteiger partial charge in [0.2, 0.25) is 0 Å². The maximum atomic E-state index is 13.3. The van der Waals surface area contributed by atoms with E-state index in [9.17, 15) is 9.18 Å². The highest BCUT2D eigenvalue weighted by Gasteiger charge is 2.08. The molecular formula is C13H10FN3O. The summed E-state index contributed by atoms with van der Waals surface area (Å²) in [5, 5.41) is 3.73. The summed E-state index contributed by atoms with van der Waals surface area (Å²) in [6.07, 6.45) is 4.67. The quantitative estimate of drug-likeness (QED) is 0.662. The number of carbonyl (C=O) groups is 1. The number of hydrogen-bond acceptors (Lipinski definition) is 3. The van der Waals surface area contributed by atoms with Gasteiger partial charge in [0.1, 0.15) is 5.82 Å². The SMILES string of the molecule is O=C(N/N=C\c1cccnc1)c1ccccc1F. The van der Waals surface area contributed by atoms with Crippen molar-refractivity contribution in [2.75, 3.05) is 0 Å². The molecule has 0 saturated heterocycles. The zero-order valence-corrected chi connectivity index (χ0v) is 9.38. The summed E-state index contributed by atoms with van der Waals surface area (Å²) in [6, 6.07) is 9.25. The highest BCUT2D eigenvalue weighted by atomic mass is 19.1. The largest absolute Gasteiger partial charge is 0.274 e. The molecule has 0 radical (unpaired) electrons. The van der Waals surface area contributed by atoms with E-state index in [0.29, 0.717) is 0 Å². The van der Waals surface area contributed by atoms with Crippen LogP contribution in [0.3, 0.4) is 0 Å². The number of nitrogens with one attached hydrogen (secondary N) is 1. The van der Waals surface area contributed by atoms with Crippen molar-refractivity contribution in [1.29, 1.82) is 0 Å². The first-order valence-corrected chi connectivity index (χ1v) is 5.25. The van der Waals surface area contributed by atoms with E-state index in [-0.39, 0.29) is 5.56 Å². The van der Waals surface area contributed by atoms with Gasteiger partial charge in [-0.05, 0) is 18.2 Å². The van der Waals surface area contributed by atoms with E-state index >= 15 is 0 Å². The Morgan fingerprint density at radius 2 is 2.11 bits per heavy atom. The number of aromatic nitrogens is 1. The van der Waals surface area contributed by atoms with Gasteiger partial charge < -0.3 is 0 Å². The summed E-state index contributed by atoms with van der Waals surface area (Å²) in [5.74, 6) is -1.17. The number of pyridine rings is 1. The second-order valence-corrected chi connectivity index (χ2v) is 3.47. The summed E-state index contributed by atoms with van der Waals surface area (Å²) >= 11 is 0. The number of hydrazone groups is 1. The molecule has 1 amide bonds. The fraction of sp³-hybridized carbons (Fsp3) is 0. The van der Waals surface area contributed by atoms with Crippen molar-refractivity contribution in [2.45, 2.75) is 0 Å². The van der Waals surface area contributed by atoms with Crippen LogP contribution in [-0.2, 0) is 0 Å². The van der Waals surface area contributed by atoms with Crippen LogP contribution in [0.25, 0.3) is 0 Å². The van der Waals surface area contributed by atoms with E-state index in [1.807, 2.05) is 0 Å². The lowest BCUT2D eigenvalue weighted by Crippen LogP contribution is -2.18. The number of nitrogens with zero attached hydrogens (tertiary/aromatic N) is 2. The molecule has 0 aliphatic heterocycles. The van der Waals surface area contributed by atoms with Gasteiger partial charge in [-0.1, -0.05) is 18.2 Å². The van der Waals surface area contributed by atoms with Crippen LogP contribution < -0.4 is 5.43 Å². The molecule has 1 N–H and O–H groups in total. The summed E-state index contributed by atoms with van der Waals surface area (Å²) in [6.45, 7) is 0. The second-order valence-electron chi connectivity index (χ2n) is 3.47. The van der Waals surface area contributed by atoms with Gasteiger partial charge in [0.15, 0.2) is 0 Å². The molecule has 0 bridgehead atoms. The minimum absolute atomic E-state index is 0.0409. The van der Waals surface area contributed by atoms with Gasteiger partial charge in [-0.3, -0.25) is 9.78 Å². The number of carbonyl (C=O) groups excluding carboxylic acids is 1. The second kappa shape index (κ2) is 5.67. The van der Waals surface area contributed by atoms with Crippen molar-refractivity contribution in [3.8, 4) is 0 Å². The van der Waals surface area contributed by atoms with Crippen LogP contribution in [-0.4, -0.2) is 17.1 Å². The number of benzene rings is 1. The molecule has 0 fully saturated rings. The molecule has 0 saturated carbocycles. The molecule has 2 aromatic rings. The Morgan fingerprint density at radius 1 is 1.28 bits per heavy atom. The maximum Gasteiger partial charge on any atom is 0.274 e. The smallest absolute Gasteiger partial charge is 0.267 e. The lowest BCUT2D eigenvalue weighted by atomic mass is 10.2. The van der Waals surface area contributed by atoms with Crippen molar-refractivity contribution < 1.29 is 9.18 Å². The number of amides is 1. The number of halogens is 1. The van der Waals surface area contributed by atoms with Crippen molar-refractivity contribution in [3.05, 3.63) is 65.7 Å². The molecule has 4 nitrogen and oxygen atoms in total. The predicted octanol–water partition coefficient (Wildman–Crippen LogP) is 1.98. The fourth-order valence-corrected chi connectivity index (χ4v) is 1.32. The Kier molecular flexibility index (Phi) is 3.76. The molecule has 5 heteroatoms. The number of rotatable bonds is 3. The van der Waals surface area contributed by atoms with Crippen LogP contribution in [0.1, 0.15) is 15.9 Å². The van der Waals surface area contributed by atoms with Crippen LogP contribution in [0.2, 0.25) is 0 Å². The Hall–Kier alpha value is -2.56. The van der Waals surface area contributed by atoms with Crippen LogP contribution in [0, 0.1) is 5.82 Å². The summed E-state index contributed by atoms with van der Waals surface area (Å²) in [7, 11) is 0. The van der Waals surface area contributed by atoms with Gasteiger partial charge in [-0.2, -0.15) is 5.10 Å². The lowest BCUT2D eigenvalue weighted by molar-refractivity contribution is 0.0951. The average molecular weight is 243 g/mol. The lowest BCUT2D eigenvalue weighted by Gasteiger charge is -2.00. The highest BCUT2D eigenvalue weighted by Crippen LogP contribution is 2.05. The predicted molar refractivity (Wildman–Crippen MR) is 65.7 cm³/mol. The Morgan fingerprint density at radius 3 is 2.83 bits per heavy atom. The third kappa shape index (κ3) is 2.98. The molecule has 2 rings (SSSR count). The van der Waals surface area contributed by atoms with E-state index in [0.717, 1.165) is 5.56 Å². The average Bonchev–Trinajstić information content (AvgIpc) is 2.40. The highest BCUT2D eigenvalue weighted by molar-refractivity contribution is 5.95. The van der Waals surface area contributed by atoms with Crippen molar-refractivity contribution in [2.24, 2.45) is 5.10 Å². The van der Waals surface area contributed by atoms with Gasteiger partial charge in [0.05, 0.1) is 11.8 Å². The third-order valence-electron chi connectivity index (χ3n) is 2.18. The van der Waals surface area contributed by atoms with Gasteiger partial charge in [0, 0.05) is 18.0 Å². The summed E-state index contributed by atoms with van der Waals surface area (Å²) in [5.41, 5.74) is 2.95. The minimum Gasteiger partial charge on any atom is -0.267 e. The molecule has 0 spiro atoms. The van der Waals surface area contributed by atoms with Crippen molar-refractivity contribution in [1.82, 2.24) is 10.4 Å². The monoisotopic (exact) mass is 243 g/mol. The number of hydrogen-bond donors (Lipinski definition) is 1. The molecule has 0 unspecified atom stereocenters. The van der Waals surface area contributed by atoms with E-state index in [1.54, 1.807) is 30.6 Å². The Balaban J connectivity index is 2.01. The van der Waals surface area contributed by atoms with Crippen LogP contribution in [0.5, 0.6) is 0 Å². The summed E-state index contributed by atoms with van der Waals surface area (Å²) in [4.78, 5) is 15.5. The molecular weight excluding hydrogens is 233 g/mol. The zero-order chi connectivity index (χ0) is 12.8. The third-order valence-corrected chi connectivity index (χ3v) is 2.18. The zero-order valence-electron chi connectivity index (χ0n) is 9.38. The van der Waals surface area contributed by atoms with Crippen molar-refractivity contribution in [3.63, 3.8) is 0 Å². The fourth-order valence-electron chi connectivity index (χ4n) is 1.32. The van der Waals surface area contributed by atoms with Crippen LogP contribution >= 0.6 is 0 Å². The molecule has 0 aliphatic rings. The normalized spacial score (nSPS) is 10.5. The molecule has 1 aromatic carbocycles. The topological polar surface area (TPSA) is 54.4 Å². The first kappa shape index (κ1) is 11.9. The molecule has 0 aliphatic carbocycles. The molecule has 90 valence electrons. The Bertz CT molecular complexity index is 569. The first-order valence-electron chi connectivity index (χ1n) is 5.25. The molecule has 1 aromatic heterocycles. The van der Waals surface area contributed by atoms with E-state index < -0.39 is 11.7 Å². The maximum absolute atomic E-state index is 13.3. The van der Waals surface area contributed by atoms with Gasteiger partial charge in [0.25, 0.3) is 5.91 Å². The molecule has 0 atom stereocenters. The first-order chi connectivity index (χ1) is 8.77. The summed E-state index contributed by atoms with van der Waals surface area (Å²) < 4.78 is 13.3. The van der Waals surface area contributed by atoms with Crippen LogP contribution in [0.15, 0.2) is 53.9 Å². The van der Waals surface area contributed by atoms with Gasteiger partial charge in [-0.15, -0.1) is 0 Å². The van der Waals surface area contributed by atoms with Crippen molar-refractivity contribution >= 4 is 12.1 Å². The Labute approximate surface area is 103 Å². The van der Waals surface area contributed by atoms with Crippen LogP contribution in [0.4, 0.5) is 4.39 Å².